The van der Waals surface area contributed by atoms with Gasteiger partial charge in [-0.2, -0.15) is 11.8 Å². The minimum Gasteiger partial charge on any atom is -0.315 e. The van der Waals surface area contributed by atoms with E-state index in [1.165, 1.54) is 12.2 Å². The SMILES string of the molecule is CCNCC(C)N(C)C(CC)CSC. The molecule has 0 aromatic heterocycles. The number of nitrogens with zero attached hydrogens (tertiary/aromatic N) is 1. The highest BCUT2D eigenvalue weighted by Crippen LogP contribution is 2.10. The van der Waals surface area contributed by atoms with Gasteiger partial charge in [0, 0.05) is 24.4 Å². The summed E-state index contributed by atoms with van der Waals surface area (Å²) in [5.74, 6) is 1.24. The minimum atomic E-state index is 0.632. The van der Waals surface area contributed by atoms with E-state index in [4.69, 9.17) is 0 Å². The van der Waals surface area contributed by atoms with E-state index in [1.54, 1.807) is 0 Å². The predicted molar refractivity (Wildman–Crippen MR) is 68.2 cm³/mol. The summed E-state index contributed by atoms with van der Waals surface area (Å²) in [7, 11) is 2.24. The standard InChI is InChI=1S/C11H26N2S/c1-6-11(9-14-5)13(4)10(3)8-12-7-2/h10-12H,6-9H2,1-5H3. The molecule has 0 amide bonds. The second-order valence-electron chi connectivity index (χ2n) is 3.84. The van der Waals surface area contributed by atoms with Crippen LogP contribution in [-0.2, 0) is 0 Å². The Balaban J connectivity index is 3.91. The lowest BCUT2D eigenvalue weighted by Gasteiger charge is -2.32. The number of thioether (sulfide) groups is 1. The number of nitrogens with one attached hydrogen (secondary N) is 1. The second kappa shape index (κ2) is 8.57. The zero-order chi connectivity index (χ0) is 11.0. The van der Waals surface area contributed by atoms with Crippen LogP contribution in [0.2, 0.25) is 0 Å². The molecule has 86 valence electrons. The molecule has 2 nitrogen and oxygen atoms in total. The van der Waals surface area contributed by atoms with E-state index in [9.17, 15) is 0 Å². The quantitative estimate of drug-likeness (QED) is 0.671. The van der Waals surface area contributed by atoms with Crippen molar-refractivity contribution in [3.05, 3.63) is 0 Å². The number of rotatable bonds is 8. The fourth-order valence-corrected chi connectivity index (χ4v) is 2.43. The Morgan fingerprint density at radius 2 is 2.00 bits per heavy atom. The highest BCUT2D eigenvalue weighted by atomic mass is 32.2. The van der Waals surface area contributed by atoms with Gasteiger partial charge in [0.05, 0.1) is 0 Å². The van der Waals surface area contributed by atoms with Crippen LogP contribution in [0.25, 0.3) is 0 Å². The fourth-order valence-electron chi connectivity index (χ4n) is 1.57. The maximum atomic E-state index is 3.40. The molecule has 0 saturated heterocycles. The van der Waals surface area contributed by atoms with E-state index in [2.05, 4.69) is 44.3 Å². The first-order valence-corrected chi connectivity index (χ1v) is 6.98. The molecule has 1 N–H and O–H groups in total. The Morgan fingerprint density at radius 3 is 2.43 bits per heavy atom. The summed E-state index contributed by atoms with van der Waals surface area (Å²) in [4.78, 5) is 2.50. The van der Waals surface area contributed by atoms with Crippen LogP contribution in [0.4, 0.5) is 0 Å². The molecule has 0 aromatic rings. The van der Waals surface area contributed by atoms with Crippen LogP contribution in [0.1, 0.15) is 27.2 Å². The lowest BCUT2D eigenvalue weighted by atomic mass is 10.2. The van der Waals surface area contributed by atoms with Crippen LogP contribution in [0.15, 0.2) is 0 Å². The van der Waals surface area contributed by atoms with Crippen LogP contribution in [0.3, 0.4) is 0 Å². The van der Waals surface area contributed by atoms with Gasteiger partial charge in [-0.25, -0.2) is 0 Å². The van der Waals surface area contributed by atoms with Gasteiger partial charge in [-0.15, -0.1) is 0 Å². The van der Waals surface area contributed by atoms with Crippen molar-refractivity contribution >= 4 is 11.8 Å². The predicted octanol–water partition coefficient (Wildman–Crippen LogP) is 2.06. The lowest BCUT2D eigenvalue weighted by Crippen LogP contribution is -2.44. The van der Waals surface area contributed by atoms with E-state index in [0.717, 1.165) is 19.1 Å². The van der Waals surface area contributed by atoms with Crippen LogP contribution < -0.4 is 5.32 Å². The van der Waals surface area contributed by atoms with Gasteiger partial charge >= 0.3 is 0 Å². The fraction of sp³-hybridized carbons (Fsp3) is 1.00. The molecule has 0 aliphatic rings. The normalized spacial score (nSPS) is 15.9. The topological polar surface area (TPSA) is 15.3 Å². The Hall–Kier alpha value is 0.270. The van der Waals surface area contributed by atoms with Crippen molar-refractivity contribution < 1.29 is 0 Å². The lowest BCUT2D eigenvalue weighted by molar-refractivity contribution is 0.191. The molecular weight excluding hydrogens is 192 g/mol. The summed E-state index contributed by atoms with van der Waals surface area (Å²) >= 11 is 1.94. The highest BCUT2D eigenvalue weighted by Gasteiger charge is 2.16. The molecule has 0 aliphatic heterocycles. The molecule has 3 heteroatoms. The largest absolute Gasteiger partial charge is 0.315 e. The minimum absolute atomic E-state index is 0.632. The molecule has 2 atom stereocenters. The van der Waals surface area contributed by atoms with E-state index in [0.29, 0.717) is 6.04 Å². The van der Waals surface area contributed by atoms with E-state index >= 15 is 0 Å². The average Bonchev–Trinajstić information content (AvgIpc) is 2.21. The summed E-state index contributed by atoms with van der Waals surface area (Å²) in [5.41, 5.74) is 0. The molecule has 0 bridgehead atoms. The third-order valence-electron chi connectivity index (χ3n) is 2.79. The van der Waals surface area contributed by atoms with Crippen molar-refractivity contribution in [2.24, 2.45) is 0 Å². The molecule has 0 aliphatic carbocycles. The molecule has 0 heterocycles. The smallest absolute Gasteiger partial charge is 0.0192 e. The van der Waals surface area contributed by atoms with Crippen molar-refractivity contribution in [2.45, 2.75) is 39.3 Å². The van der Waals surface area contributed by atoms with Crippen LogP contribution in [-0.4, -0.2) is 49.1 Å². The monoisotopic (exact) mass is 218 g/mol. The molecule has 0 rings (SSSR count). The third-order valence-corrected chi connectivity index (χ3v) is 3.51. The molecule has 2 unspecified atom stereocenters. The number of hydrogen-bond donors (Lipinski definition) is 1. The van der Waals surface area contributed by atoms with Crippen molar-refractivity contribution in [1.29, 1.82) is 0 Å². The van der Waals surface area contributed by atoms with Crippen LogP contribution in [0, 0.1) is 0 Å². The van der Waals surface area contributed by atoms with Gasteiger partial charge in [-0.3, -0.25) is 4.90 Å². The van der Waals surface area contributed by atoms with Gasteiger partial charge in [-0.1, -0.05) is 13.8 Å². The summed E-state index contributed by atoms with van der Waals surface area (Å²) < 4.78 is 0. The first kappa shape index (κ1) is 14.3. The van der Waals surface area contributed by atoms with Crippen molar-refractivity contribution in [1.82, 2.24) is 10.2 Å². The number of hydrogen-bond acceptors (Lipinski definition) is 3. The second-order valence-corrected chi connectivity index (χ2v) is 4.75. The summed E-state index contributed by atoms with van der Waals surface area (Å²) in [5, 5.41) is 3.40. The van der Waals surface area contributed by atoms with Gasteiger partial charge in [0.1, 0.15) is 0 Å². The Kier molecular flexibility index (Phi) is 8.73. The van der Waals surface area contributed by atoms with Crippen LogP contribution in [0.5, 0.6) is 0 Å². The first-order valence-electron chi connectivity index (χ1n) is 5.58. The Morgan fingerprint density at radius 1 is 1.36 bits per heavy atom. The van der Waals surface area contributed by atoms with Crippen molar-refractivity contribution in [2.75, 3.05) is 32.1 Å². The van der Waals surface area contributed by atoms with Gasteiger partial charge < -0.3 is 5.32 Å². The van der Waals surface area contributed by atoms with Crippen molar-refractivity contribution in [3.63, 3.8) is 0 Å². The van der Waals surface area contributed by atoms with Crippen molar-refractivity contribution in [3.8, 4) is 0 Å². The third kappa shape index (κ3) is 5.23. The van der Waals surface area contributed by atoms with Gasteiger partial charge in [-0.05, 0) is 33.2 Å². The van der Waals surface area contributed by atoms with Crippen LogP contribution >= 0.6 is 11.8 Å². The maximum Gasteiger partial charge on any atom is 0.0192 e. The van der Waals surface area contributed by atoms with E-state index < -0.39 is 0 Å². The average molecular weight is 218 g/mol. The highest BCUT2D eigenvalue weighted by molar-refractivity contribution is 7.98. The molecule has 14 heavy (non-hydrogen) atoms. The Bertz CT molecular complexity index is 130. The first-order chi connectivity index (χ1) is 6.67. The zero-order valence-corrected chi connectivity index (χ0v) is 11.2. The van der Waals surface area contributed by atoms with E-state index in [1.807, 2.05) is 11.8 Å². The molecule has 0 saturated carbocycles. The summed E-state index contributed by atoms with van der Waals surface area (Å²) in [6, 6.07) is 1.35. The summed E-state index contributed by atoms with van der Waals surface area (Å²) in [6.45, 7) is 8.89. The van der Waals surface area contributed by atoms with Gasteiger partial charge in [0.2, 0.25) is 0 Å². The number of likely N-dealkylation sites (N-methyl/N-ethyl adjacent to an activating group) is 2. The van der Waals surface area contributed by atoms with E-state index in [-0.39, 0.29) is 0 Å². The molecule has 0 spiro atoms. The molecule has 0 aromatic carbocycles. The summed E-state index contributed by atoms with van der Waals surface area (Å²) in [6.07, 6.45) is 3.43. The molecule has 0 fully saturated rings. The van der Waals surface area contributed by atoms with Gasteiger partial charge in [0.25, 0.3) is 0 Å². The zero-order valence-electron chi connectivity index (χ0n) is 10.3. The Labute approximate surface area is 93.8 Å². The molecular formula is C11H26N2S. The van der Waals surface area contributed by atoms with Gasteiger partial charge in [0.15, 0.2) is 0 Å². The maximum absolute atomic E-state index is 3.40. The molecule has 0 radical (unpaired) electrons.